The van der Waals surface area contributed by atoms with E-state index in [9.17, 15) is 13.2 Å². The van der Waals surface area contributed by atoms with Gasteiger partial charge >= 0.3 is 6.18 Å². The summed E-state index contributed by atoms with van der Waals surface area (Å²) in [7, 11) is 0. The fraction of sp³-hybridized carbons (Fsp3) is 0.182. The average Bonchev–Trinajstić information content (AvgIpc) is 2.72. The number of alkyl halides is 3. The molecule has 1 aromatic carbocycles. The van der Waals surface area contributed by atoms with Crippen LogP contribution in [0.1, 0.15) is 10.6 Å². The molecule has 0 atom stereocenters. The second-order valence-electron chi connectivity index (χ2n) is 3.60. The molecule has 8 heteroatoms. The monoisotopic (exact) mass is 370 g/mol. The van der Waals surface area contributed by atoms with Crippen LogP contribution < -0.4 is 5.32 Å². The van der Waals surface area contributed by atoms with Crippen LogP contribution in [0.15, 0.2) is 28.9 Å². The van der Waals surface area contributed by atoms with Gasteiger partial charge in [0.2, 0.25) is 0 Å². The van der Waals surface area contributed by atoms with Crippen molar-refractivity contribution in [3.8, 4) is 0 Å². The van der Waals surface area contributed by atoms with Crippen LogP contribution >= 0.6 is 38.9 Å². The first-order valence-corrected chi connectivity index (χ1v) is 7.06. The highest BCUT2D eigenvalue weighted by molar-refractivity contribution is 9.10. The summed E-state index contributed by atoms with van der Waals surface area (Å²) in [4.78, 5) is 4.01. The first-order valence-electron chi connectivity index (χ1n) is 5.07. The zero-order valence-electron chi connectivity index (χ0n) is 9.26. The van der Waals surface area contributed by atoms with Crippen LogP contribution in [0, 0.1) is 0 Å². The number of nitrogens with zero attached hydrogens (tertiary/aromatic N) is 1. The third-order valence-electron chi connectivity index (χ3n) is 2.24. The average molecular weight is 372 g/mol. The Morgan fingerprint density at radius 2 is 2.11 bits per heavy atom. The molecule has 1 heterocycles. The molecule has 0 spiro atoms. The largest absolute Gasteiger partial charge is 0.417 e. The molecule has 0 amide bonds. The number of halogens is 5. The van der Waals surface area contributed by atoms with Crippen LogP contribution in [0.25, 0.3) is 0 Å². The molecule has 0 aliphatic carbocycles. The summed E-state index contributed by atoms with van der Waals surface area (Å²) in [6.07, 6.45) is -2.88. The quantitative estimate of drug-likeness (QED) is 0.803. The van der Waals surface area contributed by atoms with Crippen LogP contribution in [-0.4, -0.2) is 4.98 Å². The van der Waals surface area contributed by atoms with Gasteiger partial charge in [0.1, 0.15) is 9.34 Å². The molecule has 0 aliphatic rings. The Bertz CT molecular complexity index is 586. The number of aromatic nitrogens is 1. The van der Waals surface area contributed by atoms with E-state index in [-0.39, 0.29) is 4.47 Å². The summed E-state index contributed by atoms with van der Waals surface area (Å²) in [5.41, 5.74) is -0.337. The normalized spacial score (nSPS) is 11.6. The SMILES string of the molecule is FC(F)(F)c1cc(NCc2ncc(Cl)s2)ccc1Br. The molecule has 2 rings (SSSR count). The van der Waals surface area contributed by atoms with E-state index in [1.54, 1.807) is 6.07 Å². The molecule has 1 N–H and O–H groups in total. The Labute approximate surface area is 124 Å². The van der Waals surface area contributed by atoms with Gasteiger partial charge in [-0.15, -0.1) is 11.3 Å². The van der Waals surface area contributed by atoms with Gasteiger partial charge in [0.05, 0.1) is 18.3 Å². The van der Waals surface area contributed by atoms with Gasteiger partial charge < -0.3 is 5.32 Å². The molecule has 0 fully saturated rings. The lowest BCUT2D eigenvalue weighted by Crippen LogP contribution is -2.07. The van der Waals surface area contributed by atoms with Gasteiger partial charge in [0, 0.05) is 10.2 Å². The molecule has 0 saturated carbocycles. The van der Waals surface area contributed by atoms with Crippen molar-refractivity contribution in [2.24, 2.45) is 0 Å². The predicted molar refractivity (Wildman–Crippen MR) is 73.6 cm³/mol. The second kappa shape index (κ2) is 5.68. The first-order chi connectivity index (χ1) is 8.86. The Morgan fingerprint density at radius 3 is 2.68 bits per heavy atom. The third-order valence-corrected chi connectivity index (χ3v) is 4.05. The number of hydrogen-bond donors (Lipinski definition) is 1. The number of anilines is 1. The Balaban J connectivity index is 2.13. The smallest absolute Gasteiger partial charge is 0.379 e. The van der Waals surface area contributed by atoms with E-state index < -0.39 is 11.7 Å². The number of benzene rings is 1. The van der Waals surface area contributed by atoms with E-state index in [0.717, 1.165) is 6.07 Å². The number of rotatable bonds is 3. The highest BCUT2D eigenvalue weighted by Gasteiger charge is 2.33. The molecule has 2 aromatic rings. The molecule has 19 heavy (non-hydrogen) atoms. The van der Waals surface area contributed by atoms with E-state index in [0.29, 0.717) is 21.6 Å². The van der Waals surface area contributed by atoms with E-state index in [2.05, 4.69) is 26.2 Å². The molecule has 2 nitrogen and oxygen atoms in total. The summed E-state index contributed by atoms with van der Waals surface area (Å²) in [5.74, 6) is 0. The molecule has 0 aliphatic heterocycles. The maximum atomic E-state index is 12.7. The van der Waals surface area contributed by atoms with Gasteiger partial charge in [-0.05, 0) is 18.2 Å². The Morgan fingerprint density at radius 1 is 1.37 bits per heavy atom. The predicted octanol–water partition coefficient (Wildman–Crippen LogP) is 5.19. The minimum Gasteiger partial charge on any atom is -0.379 e. The Hall–Kier alpha value is -0.790. The summed E-state index contributed by atoms with van der Waals surface area (Å²) < 4.78 is 38.7. The van der Waals surface area contributed by atoms with E-state index in [4.69, 9.17) is 11.6 Å². The van der Waals surface area contributed by atoms with E-state index in [1.165, 1.54) is 23.6 Å². The maximum Gasteiger partial charge on any atom is 0.417 e. The van der Waals surface area contributed by atoms with Gasteiger partial charge in [0.25, 0.3) is 0 Å². The van der Waals surface area contributed by atoms with Crippen LogP contribution in [0.4, 0.5) is 18.9 Å². The Kier molecular flexibility index (Phi) is 4.37. The van der Waals surface area contributed by atoms with Crippen molar-refractivity contribution < 1.29 is 13.2 Å². The van der Waals surface area contributed by atoms with Gasteiger partial charge in [-0.2, -0.15) is 13.2 Å². The van der Waals surface area contributed by atoms with Crippen molar-refractivity contribution in [3.63, 3.8) is 0 Å². The lowest BCUT2D eigenvalue weighted by atomic mass is 10.2. The summed E-state index contributed by atoms with van der Waals surface area (Å²) >= 11 is 9.89. The van der Waals surface area contributed by atoms with Gasteiger partial charge in [-0.1, -0.05) is 27.5 Å². The second-order valence-corrected chi connectivity index (χ2v) is 6.20. The minimum absolute atomic E-state index is 0.0165. The van der Waals surface area contributed by atoms with Crippen LogP contribution in [0.3, 0.4) is 0 Å². The number of hydrogen-bond acceptors (Lipinski definition) is 3. The van der Waals surface area contributed by atoms with Crippen LogP contribution in [0.5, 0.6) is 0 Å². The zero-order chi connectivity index (χ0) is 14.0. The molecule has 0 saturated heterocycles. The van der Waals surface area contributed by atoms with Crippen LogP contribution in [0.2, 0.25) is 4.34 Å². The topological polar surface area (TPSA) is 24.9 Å². The fourth-order valence-corrected chi connectivity index (χ4v) is 2.77. The van der Waals surface area contributed by atoms with E-state index >= 15 is 0 Å². The van der Waals surface area contributed by atoms with E-state index in [1.807, 2.05) is 0 Å². The molecule has 1 aromatic heterocycles. The van der Waals surface area contributed by atoms with Gasteiger partial charge in [-0.3, -0.25) is 0 Å². The van der Waals surface area contributed by atoms with Crippen molar-refractivity contribution >= 4 is 44.6 Å². The van der Waals surface area contributed by atoms with Crippen molar-refractivity contribution in [1.82, 2.24) is 4.98 Å². The van der Waals surface area contributed by atoms with Crippen molar-refractivity contribution in [2.45, 2.75) is 12.7 Å². The highest BCUT2D eigenvalue weighted by atomic mass is 79.9. The summed E-state index contributed by atoms with van der Waals surface area (Å²) in [5, 5.41) is 3.59. The molecule has 0 unspecified atom stereocenters. The first kappa shape index (κ1) is 14.6. The third kappa shape index (κ3) is 3.84. The standard InChI is InChI=1S/C11H7BrClF3N2S/c12-8-2-1-6(3-7(8)11(14,15)16)17-5-10-18-4-9(13)19-10/h1-4,17H,5H2. The molecule has 102 valence electrons. The van der Waals surface area contributed by atoms with Crippen molar-refractivity contribution in [1.29, 1.82) is 0 Å². The molecule has 0 radical (unpaired) electrons. The lowest BCUT2D eigenvalue weighted by molar-refractivity contribution is -0.138. The molecule has 0 bridgehead atoms. The van der Waals surface area contributed by atoms with Crippen molar-refractivity contribution in [2.75, 3.05) is 5.32 Å². The van der Waals surface area contributed by atoms with Crippen LogP contribution in [-0.2, 0) is 12.7 Å². The fourth-order valence-electron chi connectivity index (χ4n) is 1.40. The highest BCUT2D eigenvalue weighted by Crippen LogP contribution is 2.36. The summed E-state index contributed by atoms with van der Waals surface area (Å²) in [6.45, 7) is 0.330. The van der Waals surface area contributed by atoms with Gasteiger partial charge in [-0.25, -0.2) is 4.98 Å². The molecular weight excluding hydrogens is 365 g/mol. The summed E-state index contributed by atoms with van der Waals surface area (Å²) in [6, 6.07) is 3.98. The maximum absolute atomic E-state index is 12.7. The lowest BCUT2D eigenvalue weighted by Gasteiger charge is -2.11. The van der Waals surface area contributed by atoms with Gasteiger partial charge in [0.15, 0.2) is 0 Å². The number of thiazole rings is 1. The number of nitrogens with one attached hydrogen (secondary N) is 1. The molecular formula is C11H7BrClF3N2S. The minimum atomic E-state index is -4.39. The van der Waals surface area contributed by atoms with Crippen molar-refractivity contribution in [3.05, 3.63) is 43.8 Å². The zero-order valence-corrected chi connectivity index (χ0v) is 12.4.